The molecule has 0 N–H and O–H groups in total. The molecule has 0 spiro atoms. The van der Waals surface area contributed by atoms with Crippen LogP contribution in [0.4, 0.5) is 0 Å². The van der Waals surface area contributed by atoms with Gasteiger partial charge in [-0.1, -0.05) is 38.1 Å². The minimum absolute atomic E-state index is 0.112. The van der Waals surface area contributed by atoms with E-state index in [1.807, 2.05) is 0 Å². The van der Waals surface area contributed by atoms with E-state index in [-0.39, 0.29) is 17.6 Å². The van der Waals surface area contributed by atoms with Gasteiger partial charge in [-0.05, 0) is 36.8 Å². The minimum Gasteiger partial charge on any atom is -0.369 e. The highest BCUT2D eigenvalue weighted by molar-refractivity contribution is 5.91. The van der Waals surface area contributed by atoms with Crippen LogP contribution >= 0.6 is 0 Å². The zero-order chi connectivity index (χ0) is 13.5. The summed E-state index contributed by atoms with van der Waals surface area (Å²) in [6, 6.07) is 8.58. The van der Waals surface area contributed by atoms with Crippen molar-refractivity contribution < 1.29 is 9.53 Å². The van der Waals surface area contributed by atoms with Crippen molar-refractivity contribution in [2.45, 2.75) is 58.2 Å². The van der Waals surface area contributed by atoms with Crippen molar-refractivity contribution in [3.05, 3.63) is 35.4 Å². The lowest BCUT2D eigenvalue weighted by atomic mass is 9.64. The third kappa shape index (κ3) is 2.02. The maximum absolute atomic E-state index is 11.8. The lowest BCUT2D eigenvalue weighted by Crippen LogP contribution is -2.53. The monoisotopic (exact) mass is 258 g/mol. The zero-order valence-electron chi connectivity index (χ0n) is 11.8. The van der Waals surface area contributed by atoms with Crippen molar-refractivity contribution in [1.29, 1.82) is 0 Å². The normalized spacial score (nSPS) is 33.7. The summed E-state index contributed by atoms with van der Waals surface area (Å²) in [5.41, 5.74) is 2.51. The molecule has 2 heteroatoms. The van der Waals surface area contributed by atoms with Gasteiger partial charge >= 0.3 is 0 Å². The van der Waals surface area contributed by atoms with Crippen LogP contribution in [0.3, 0.4) is 0 Å². The molecule has 2 aliphatic carbocycles. The Morgan fingerprint density at radius 3 is 2.89 bits per heavy atom. The van der Waals surface area contributed by atoms with E-state index in [9.17, 15) is 4.79 Å². The fourth-order valence-corrected chi connectivity index (χ4v) is 3.35. The van der Waals surface area contributed by atoms with E-state index in [0.29, 0.717) is 12.2 Å². The van der Waals surface area contributed by atoms with Crippen LogP contribution in [-0.2, 0) is 16.0 Å². The predicted octanol–water partition coefficient (Wildman–Crippen LogP) is 3.84. The molecule has 0 aliphatic heterocycles. The lowest BCUT2D eigenvalue weighted by molar-refractivity contribution is -0.171. The largest absolute Gasteiger partial charge is 0.369 e. The molecule has 1 aromatic carbocycles. The number of fused-ring (bicyclic) bond motifs is 1. The molecular formula is C17H22O2. The molecule has 3 rings (SSSR count). The molecule has 0 amide bonds. The van der Waals surface area contributed by atoms with Crippen LogP contribution in [0.25, 0.3) is 0 Å². The maximum Gasteiger partial charge on any atom is 0.143 e. The molecular weight excluding hydrogens is 236 g/mol. The first-order chi connectivity index (χ1) is 9.15. The van der Waals surface area contributed by atoms with Crippen molar-refractivity contribution in [1.82, 2.24) is 0 Å². The van der Waals surface area contributed by atoms with Crippen LogP contribution in [0.5, 0.6) is 0 Å². The van der Waals surface area contributed by atoms with E-state index >= 15 is 0 Å². The highest BCUT2D eigenvalue weighted by Crippen LogP contribution is 2.46. The van der Waals surface area contributed by atoms with E-state index < -0.39 is 0 Å². The molecule has 0 heterocycles. The van der Waals surface area contributed by atoms with Crippen molar-refractivity contribution in [3.63, 3.8) is 0 Å². The molecule has 1 fully saturated rings. The Bertz CT molecular complexity index is 494. The summed E-state index contributed by atoms with van der Waals surface area (Å²) >= 11 is 0. The van der Waals surface area contributed by atoms with Crippen molar-refractivity contribution in [3.8, 4) is 0 Å². The van der Waals surface area contributed by atoms with E-state index in [1.165, 1.54) is 17.5 Å². The second-order valence-corrected chi connectivity index (χ2v) is 6.10. The molecule has 102 valence electrons. The topological polar surface area (TPSA) is 26.3 Å². The maximum atomic E-state index is 11.8. The first-order valence-electron chi connectivity index (χ1n) is 7.41. The number of ether oxygens (including phenoxy) is 1. The number of ketones is 1. The molecule has 0 saturated heterocycles. The standard InChI is InChI=1S/C17H22O2/c1-3-17(2)15(18)11-16(17)19-14-10-6-8-12-7-4-5-9-13(12)14/h4-5,7,9,14,16H,3,6,8,10-11H2,1-2H3. The first-order valence-corrected chi connectivity index (χ1v) is 7.41. The molecule has 0 aromatic heterocycles. The van der Waals surface area contributed by atoms with Gasteiger partial charge in [-0.2, -0.15) is 0 Å². The summed E-state index contributed by atoms with van der Waals surface area (Å²) < 4.78 is 6.31. The van der Waals surface area contributed by atoms with Gasteiger partial charge in [0.05, 0.1) is 17.6 Å². The number of benzene rings is 1. The molecule has 3 atom stereocenters. The summed E-state index contributed by atoms with van der Waals surface area (Å²) in [5.74, 6) is 0.365. The van der Waals surface area contributed by atoms with Gasteiger partial charge in [0.1, 0.15) is 5.78 Å². The second kappa shape index (κ2) is 4.75. The first kappa shape index (κ1) is 12.9. The second-order valence-electron chi connectivity index (χ2n) is 6.10. The van der Waals surface area contributed by atoms with Gasteiger partial charge in [-0.25, -0.2) is 0 Å². The third-order valence-electron chi connectivity index (χ3n) is 5.10. The van der Waals surface area contributed by atoms with Crippen LogP contribution in [0, 0.1) is 5.41 Å². The van der Waals surface area contributed by atoms with Crippen LogP contribution in [0.1, 0.15) is 56.8 Å². The Morgan fingerprint density at radius 2 is 2.16 bits per heavy atom. The molecule has 1 aromatic rings. The summed E-state index contributed by atoms with van der Waals surface area (Å²) in [6.07, 6.45) is 5.21. The Morgan fingerprint density at radius 1 is 1.37 bits per heavy atom. The number of hydrogen-bond donors (Lipinski definition) is 0. The van der Waals surface area contributed by atoms with Gasteiger partial charge in [0.2, 0.25) is 0 Å². The van der Waals surface area contributed by atoms with Crippen LogP contribution in [-0.4, -0.2) is 11.9 Å². The number of carbonyl (C=O) groups is 1. The van der Waals surface area contributed by atoms with Crippen LogP contribution in [0.2, 0.25) is 0 Å². The lowest BCUT2D eigenvalue weighted by Gasteiger charge is -2.46. The van der Waals surface area contributed by atoms with Crippen LogP contribution < -0.4 is 0 Å². The Labute approximate surface area is 115 Å². The average molecular weight is 258 g/mol. The third-order valence-corrected chi connectivity index (χ3v) is 5.10. The van der Waals surface area contributed by atoms with Crippen molar-refractivity contribution in [2.75, 3.05) is 0 Å². The Kier molecular flexibility index (Phi) is 3.22. The summed E-state index contributed by atoms with van der Waals surface area (Å²) in [4.78, 5) is 11.8. The van der Waals surface area contributed by atoms with E-state index in [2.05, 4.69) is 38.1 Å². The zero-order valence-corrected chi connectivity index (χ0v) is 11.8. The number of rotatable bonds is 3. The number of Topliss-reactive ketones (excluding diaryl/α,β-unsaturated/α-hetero) is 1. The quantitative estimate of drug-likeness (QED) is 0.823. The average Bonchev–Trinajstić information content (AvgIpc) is 2.46. The van der Waals surface area contributed by atoms with Crippen molar-refractivity contribution in [2.24, 2.45) is 5.41 Å². The molecule has 0 bridgehead atoms. The summed E-state index contributed by atoms with van der Waals surface area (Å²) in [6.45, 7) is 4.14. The number of aryl methyl sites for hydroxylation is 1. The summed E-state index contributed by atoms with van der Waals surface area (Å²) in [7, 11) is 0. The van der Waals surface area contributed by atoms with Crippen LogP contribution in [0.15, 0.2) is 24.3 Å². The summed E-state index contributed by atoms with van der Waals surface area (Å²) in [5, 5.41) is 0. The minimum atomic E-state index is -0.244. The fraction of sp³-hybridized carbons (Fsp3) is 0.588. The van der Waals surface area contributed by atoms with E-state index in [0.717, 1.165) is 19.3 Å². The SMILES string of the molecule is CCC1(C)C(=O)CC1OC1CCCc2ccccc21. The molecule has 1 saturated carbocycles. The molecule has 0 radical (unpaired) electrons. The molecule has 2 nitrogen and oxygen atoms in total. The van der Waals surface area contributed by atoms with Crippen molar-refractivity contribution >= 4 is 5.78 Å². The van der Waals surface area contributed by atoms with Gasteiger partial charge < -0.3 is 4.74 Å². The van der Waals surface area contributed by atoms with Gasteiger partial charge in [-0.15, -0.1) is 0 Å². The highest BCUT2D eigenvalue weighted by Gasteiger charge is 2.51. The highest BCUT2D eigenvalue weighted by atomic mass is 16.5. The molecule has 3 unspecified atom stereocenters. The number of hydrogen-bond acceptors (Lipinski definition) is 2. The van der Waals surface area contributed by atoms with E-state index in [4.69, 9.17) is 4.74 Å². The van der Waals surface area contributed by atoms with Gasteiger partial charge in [0, 0.05) is 6.42 Å². The van der Waals surface area contributed by atoms with E-state index in [1.54, 1.807) is 0 Å². The predicted molar refractivity (Wildman–Crippen MR) is 75.0 cm³/mol. The smallest absolute Gasteiger partial charge is 0.143 e. The Hall–Kier alpha value is -1.15. The fourth-order valence-electron chi connectivity index (χ4n) is 3.35. The van der Waals surface area contributed by atoms with Gasteiger partial charge in [0.25, 0.3) is 0 Å². The Balaban J connectivity index is 1.77. The molecule has 2 aliphatic rings. The number of carbonyl (C=O) groups excluding carboxylic acids is 1. The molecule has 19 heavy (non-hydrogen) atoms. The van der Waals surface area contributed by atoms with Gasteiger partial charge in [0.15, 0.2) is 0 Å². The van der Waals surface area contributed by atoms with Gasteiger partial charge in [-0.3, -0.25) is 4.79 Å².